The highest BCUT2D eigenvalue weighted by atomic mass is 16.5. The molecule has 0 spiro atoms. The second-order valence-corrected chi connectivity index (χ2v) is 5.37. The summed E-state index contributed by atoms with van der Waals surface area (Å²) >= 11 is 0. The summed E-state index contributed by atoms with van der Waals surface area (Å²) in [6, 6.07) is 10.6. The van der Waals surface area contributed by atoms with Crippen molar-refractivity contribution in [2.75, 3.05) is 28.4 Å². The molecule has 0 bridgehead atoms. The van der Waals surface area contributed by atoms with E-state index >= 15 is 0 Å². The van der Waals surface area contributed by atoms with E-state index in [1.54, 1.807) is 36.4 Å². The highest BCUT2D eigenvalue weighted by Gasteiger charge is 2.25. The Labute approximate surface area is 146 Å². The maximum Gasteiger partial charge on any atom is 0.311 e. The number of carbonyl (C=O) groups is 1. The lowest BCUT2D eigenvalue weighted by Gasteiger charge is -2.18. The zero-order valence-electron chi connectivity index (χ0n) is 14.7. The Hall–Kier alpha value is -2.89. The quantitative estimate of drug-likeness (QED) is 0.791. The molecule has 0 aliphatic carbocycles. The van der Waals surface area contributed by atoms with E-state index in [0.717, 1.165) is 5.56 Å². The topological polar surface area (TPSA) is 74.2 Å². The number of benzene rings is 2. The van der Waals surface area contributed by atoms with Crippen molar-refractivity contribution in [2.24, 2.45) is 0 Å². The summed E-state index contributed by atoms with van der Waals surface area (Å²) in [5, 5.41) is 9.72. The minimum atomic E-state index is -0.932. The molecule has 25 heavy (non-hydrogen) atoms. The van der Waals surface area contributed by atoms with E-state index in [-0.39, 0.29) is 6.42 Å². The molecule has 0 fully saturated rings. The minimum Gasteiger partial charge on any atom is -0.496 e. The molecule has 0 heterocycles. The van der Waals surface area contributed by atoms with Gasteiger partial charge in [-0.1, -0.05) is 18.2 Å². The highest BCUT2D eigenvalue weighted by Crippen LogP contribution is 2.40. The van der Waals surface area contributed by atoms with Crippen LogP contribution in [0, 0.1) is 0 Å². The summed E-state index contributed by atoms with van der Waals surface area (Å²) in [7, 11) is 6.10. The van der Waals surface area contributed by atoms with Crippen LogP contribution in [0.25, 0.3) is 0 Å². The van der Waals surface area contributed by atoms with Crippen LogP contribution in [0.4, 0.5) is 0 Å². The standard InChI is InChI=1S/C19H22O6/c1-22-15-8-6-5-7-13(15)14(19(20)21)9-12-10-16(23-2)18(25-4)17(11-12)24-3/h5-8,10-11,14H,9H2,1-4H3,(H,20,21). The van der Waals surface area contributed by atoms with Gasteiger partial charge in [0.15, 0.2) is 11.5 Å². The van der Waals surface area contributed by atoms with Gasteiger partial charge in [0.1, 0.15) is 5.75 Å². The molecule has 1 N–H and O–H groups in total. The van der Waals surface area contributed by atoms with E-state index in [4.69, 9.17) is 18.9 Å². The number of methoxy groups -OCH3 is 4. The summed E-state index contributed by atoms with van der Waals surface area (Å²) < 4.78 is 21.3. The summed E-state index contributed by atoms with van der Waals surface area (Å²) in [6.45, 7) is 0. The van der Waals surface area contributed by atoms with E-state index in [0.29, 0.717) is 28.6 Å². The van der Waals surface area contributed by atoms with Gasteiger partial charge in [0.25, 0.3) is 0 Å². The number of rotatable bonds is 8. The van der Waals surface area contributed by atoms with E-state index in [1.165, 1.54) is 28.4 Å². The Morgan fingerprint density at radius 3 is 1.96 bits per heavy atom. The first-order valence-corrected chi connectivity index (χ1v) is 7.70. The Morgan fingerprint density at radius 2 is 1.48 bits per heavy atom. The maximum atomic E-state index is 11.9. The fraction of sp³-hybridized carbons (Fsp3) is 0.316. The number of carboxylic acids is 1. The van der Waals surface area contributed by atoms with Gasteiger partial charge in [0.2, 0.25) is 5.75 Å². The van der Waals surface area contributed by atoms with Gasteiger partial charge >= 0.3 is 5.97 Å². The van der Waals surface area contributed by atoms with Gasteiger partial charge in [-0.05, 0) is 30.2 Å². The lowest BCUT2D eigenvalue weighted by Crippen LogP contribution is -2.15. The molecule has 0 aromatic heterocycles. The van der Waals surface area contributed by atoms with E-state index in [2.05, 4.69) is 0 Å². The first-order valence-electron chi connectivity index (χ1n) is 7.70. The average Bonchev–Trinajstić information content (AvgIpc) is 2.64. The predicted octanol–water partition coefficient (Wildman–Crippen LogP) is 3.13. The number of ether oxygens (including phenoxy) is 4. The van der Waals surface area contributed by atoms with Gasteiger partial charge < -0.3 is 24.1 Å². The molecular weight excluding hydrogens is 324 g/mol. The number of aliphatic carboxylic acids is 1. The third-order valence-corrected chi connectivity index (χ3v) is 3.98. The molecule has 6 heteroatoms. The van der Waals surface area contributed by atoms with Crippen molar-refractivity contribution in [1.82, 2.24) is 0 Å². The zero-order valence-corrected chi connectivity index (χ0v) is 14.7. The maximum absolute atomic E-state index is 11.9. The Kier molecular flexibility index (Phi) is 6.11. The summed E-state index contributed by atoms with van der Waals surface area (Å²) in [5.41, 5.74) is 1.37. The second kappa shape index (κ2) is 8.28. The average molecular weight is 346 g/mol. The summed E-state index contributed by atoms with van der Waals surface area (Å²) in [6.07, 6.45) is 0.256. The Morgan fingerprint density at radius 1 is 0.920 bits per heavy atom. The van der Waals surface area contributed by atoms with Crippen LogP contribution >= 0.6 is 0 Å². The van der Waals surface area contributed by atoms with Crippen molar-refractivity contribution in [3.8, 4) is 23.0 Å². The third-order valence-electron chi connectivity index (χ3n) is 3.98. The SMILES string of the molecule is COc1ccccc1C(Cc1cc(OC)c(OC)c(OC)c1)C(=O)O. The molecule has 1 atom stereocenters. The number of carboxylic acid groups (broad SMARTS) is 1. The second-order valence-electron chi connectivity index (χ2n) is 5.37. The van der Waals surface area contributed by atoms with E-state index < -0.39 is 11.9 Å². The van der Waals surface area contributed by atoms with Crippen LogP contribution in [0.5, 0.6) is 23.0 Å². The number of hydrogen-bond donors (Lipinski definition) is 1. The molecule has 2 aromatic carbocycles. The monoisotopic (exact) mass is 346 g/mol. The van der Waals surface area contributed by atoms with E-state index in [1.807, 2.05) is 0 Å². The third kappa shape index (κ3) is 3.96. The molecule has 0 radical (unpaired) electrons. The van der Waals surface area contributed by atoms with Crippen LogP contribution in [-0.2, 0) is 11.2 Å². The molecule has 0 aliphatic heterocycles. The summed E-state index contributed by atoms with van der Waals surface area (Å²) in [4.78, 5) is 11.9. The van der Waals surface area contributed by atoms with Gasteiger partial charge in [-0.25, -0.2) is 0 Å². The van der Waals surface area contributed by atoms with Gasteiger partial charge in [0.05, 0.1) is 34.4 Å². The van der Waals surface area contributed by atoms with Gasteiger partial charge in [-0.15, -0.1) is 0 Å². The molecule has 0 saturated heterocycles. The molecule has 0 aliphatic rings. The largest absolute Gasteiger partial charge is 0.496 e. The van der Waals surface area contributed by atoms with Crippen molar-refractivity contribution in [2.45, 2.75) is 12.3 Å². The first-order chi connectivity index (χ1) is 12.0. The molecule has 1 unspecified atom stereocenters. The van der Waals surface area contributed by atoms with Gasteiger partial charge in [-0.3, -0.25) is 4.79 Å². The lowest BCUT2D eigenvalue weighted by atomic mass is 9.91. The van der Waals surface area contributed by atoms with Crippen molar-refractivity contribution < 1.29 is 28.8 Å². The van der Waals surface area contributed by atoms with Gasteiger partial charge in [0, 0.05) is 5.56 Å². The molecule has 2 rings (SSSR count). The molecule has 6 nitrogen and oxygen atoms in total. The minimum absolute atomic E-state index is 0.256. The van der Waals surface area contributed by atoms with E-state index in [9.17, 15) is 9.90 Å². The number of hydrogen-bond acceptors (Lipinski definition) is 5. The first kappa shape index (κ1) is 18.4. The number of para-hydroxylation sites is 1. The zero-order chi connectivity index (χ0) is 18.4. The van der Waals surface area contributed by atoms with Crippen LogP contribution in [0.2, 0.25) is 0 Å². The van der Waals surface area contributed by atoms with Crippen LogP contribution in [-0.4, -0.2) is 39.5 Å². The predicted molar refractivity (Wildman–Crippen MR) is 93.2 cm³/mol. The van der Waals surface area contributed by atoms with Crippen molar-refractivity contribution in [1.29, 1.82) is 0 Å². The molecule has 2 aromatic rings. The van der Waals surface area contributed by atoms with Crippen molar-refractivity contribution in [3.63, 3.8) is 0 Å². The fourth-order valence-electron chi connectivity index (χ4n) is 2.77. The molecule has 134 valence electrons. The summed E-state index contributed by atoms with van der Waals surface area (Å²) in [5.74, 6) is 0.291. The molecule has 0 saturated carbocycles. The highest BCUT2D eigenvalue weighted by molar-refractivity contribution is 5.78. The van der Waals surface area contributed by atoms with Crippen LogP contribution in [0.1, 0.15) is 17.0 Å². The lowest BCUT2D eigenvalue weighted by molar-refractivity contribution is -0.138. The van der Waals surface area contributed by atoms with Crippen molar-refractivity contribution in [3.05, 3.63) is 47.5 Å². The molecular formula is C19H22O6. The Balaban J connectivity index is 2.45. The fourth-order valence-corrected chi connectivity index (χ4v) is 2.77. The van der Waals surface area contributed by atoms with Crippen LogP contribution in [0.3, 0.4) is 0 Å². The normalized spacial score (nSPS) is 11.5. The molecule has 0 amide bonds. The van der Waals surface area contributed by atoms with Crippen LogP contribution < -0.4 is 18.9 Å². The van der Waals surface area contributed by atoms with Crippen molar-refractivity contribution >= 4 is 5.97 Å². The smallest absolute Gasteiger partial charge is 0.311 e. The Bertz CT molecular complexity index is 715. The van der Waals surface area contributed by atoms with Gasteiger partial charge in [-0.2, -0.15) is 0 Å². The van der Waals surface area contributed by atoms with Crippen LogP contribution in [0.15, 0.2) is 36.4 Å².